The Hall–Kier alpha value is -2.62. The van der Waals surface area contributed by atoms with Crippen LogP contribution in [0.5, 0.6) is 0 Å². The number of rotatable bonds is 3. The Morgan fingerprint density at radius 2 is 1.86 bits per heavy atom. The number of anilines is 1. The van der Waals surface area contributed by atoms with Gasteiger partial charge in [0.2, 0.25) is 0 Å². The third-order valence-corrected chi connectivity index (χ3v) is 3.50. The average molecular weight is 281 g/mol. The fourth-order valence-electron chi connectivity index (χ4n) is 2.48. The lowest BCUT2D eigenvalue weighted by Gasteiger charge is -2.10. The molecule has 2 aromatic carbocycles. The number of amides is 1. The molecule has 0 fully saturated rings. The number of aryl methyl sites for hydroxylation is 1. The summed E-state index contributed by atoms with van der Waals surface area (Å²) in [4.78, 5) is 23.7. The Bertz CT molecular complexity index is 680. The number of carbonyl (C=O) groups excluding carboxylic acids is 2. The molecule has 0 saturated heterocycles. The molecule has 0 aromatic heterocycles. The first-order chi connectivity index (χ1) is 10.2. The van der Waals surface area contributed by atoms with Crippen LogP contribution in [0.25, 0.3) is 0 Å². The Kier molecular flexibility index (Phi) is 3.69. The van der Waals surface area contributed by atoms with Crippen molar-refractivity contribution in [2.75, 3.05) is 5.32 Å². The zero-order valence-electron chi connectivity index (χ0n) is 11.5. The number of benzene rings is 2. The van der Waals surface area contributed by atoms with Gasteiger partial charge in [-0.3, -0.25) is 10.1 Å². The summed E-state index contributed by atoms with van der Waals surface area (Å²) in [6, 6.07) is 14.9. The second kappa shape index (κ2) is 5.79. The first kappa shape index (κ1) is 13.4. The fraction of sp³-hybridized carbons (Fsp3) is 0.176. The van der Waals surface area contributed by atoms with Gasteiger partial charge in [-0.1, -0.05) is 42.5 Å². The van der Waals surface area contributed by atoms with Crippen molar-refractivity contribution >= 4 is 17.6 Å². The van der Waals surface area contributed by atoms with Crippen molar-refractivity contribution in [3.05, 3.63) is 65.2 Å². The van der Waals surface area contributed by atoms with E-state index in [0.29, 0.717) is 17.7 Å². The smallest absolute Gasteiger partial charge is 0.411 e. The van der Waals surface area contributed by atoms with Crippen molar-refractivity contribution in [1.29, 1.82) is 0 Å². The summed E-state index contributed by atoms with van der Waals surface area (Å²) < 4.78 is 5.17. The van der Waals surface area contributed by atoms with Crippen LogP contribution < -0.4 is 5.32 Å². The highest BCUT2D eigenvalue weighted by Crippen LogP contribution is 2.28. The Balaban J connectivity index is 1.66. The molecule has 4 heteroatoms. The molecule has 106 valence electrons. The molecule has 1 aliphatic rings. The predicted molar refractivity (Wildman–Crippen MR) is 79.3 cm³/mol. The Morgan fingerprint density at radius 3 is 2.67 bits per heavy atom. The minimum atomic E-state index is -0.549. The molecule has 2 aromatic rings. The molecule has 4 nitrogen and oxygen atoms in total. The van der Waals surface area contributed by atoms with Gasteiger partial charge in [-0.2, -0.15) is 0 Å². The van der Waals surface area contributed by atoms with Gasteiger partial charge in [0.25, 0.3) is 0 Å². The Labute approximate surface area is 122 Å². The number of hydrogen-bond donors (Lipinski definition) is 1. The van der Waals surface area contributed by atoms with Gasteiger partial charge in [0, 0.05) is 12.0 Å². The minimum Gasteiger partial charge on any atom is -0.444 e. The minimum absolute atomic E-state index is 0.0731. The lowest BCUT2D eigenvalue weighted by Crippen LogP contribution is -2.15. The van der Waals surface area contributed by atoms with E-state index in [-0.39, 0.29) is 12.4 Å². The van der Waals surface area contributed by atoms with E-state index in [1.807, 2.05) is 42.5 Å². The quantitative estimate of drug-likeness (QED) is 0.935. The van der Waals surface area contributed by atoms with E-state index in [1.54, 1.807) is 6.07 Å². The van der Waals surface area contributed by atoms with Crippen molar-refractivity contribution in [3.8, 4) is 0 Å². The number of ether oxygens (including phenoxy) is 1. The second-order valence-corrected chi connectivity index (χ2v) is 4.95. The summed E-state index contributed by atoms with van der Waals surface area (Å²) in [5.41, 5.74) is 3.06. The summed E-state index contributed by atoms with van der Waals surface area (Å²) in [5.74, 6) is 0.0731. The van der Waals surface area contributed by atoms with Gasteiger partial charge in [-0.25, -0.2) is 4.79 Å². The number of ketones is 1. The molecule has 1 N–H and O–H groups in total. The van der Waals surface area contributed by atoms with E-state index >= 15 is 0 Å². The second-order valence-electron chi connectivity index (χ2n) is 4.95. The molecule has 0 unspecified atom stereocenters. The average Bonchev–Trinajstić information content (AvgIpc) is 2.89. The van der Waals surface area contributed by atoms with Crippen LogP contribution in [0, 0.1) is 0 Å². The van der Waals surface area contributed by atoms with E-state index in [4.69, 9.17) is 4.74 Å². The summed E-state index contributed by atoms with van der Waals surface area (Å²) in [5, 5.41) is 2.66. The van der Waals surface area contributed by atoms with Gasteiger partial charge in [0.1, 0.15) is 6.61 Å². The van der Waals surface area contributed by atoms with Gasteiger partial charge in [0.05, 0.1) is 5.69 Å². The van der Waals surface area contributed by atoms with Crippen LogP contribution in [-0.4, -0.2) is 11.9 Å². The van der Waals surface area contributed by atoms with E-state index in [2.05, 4.69) is 5.32 Å². The topological polar surface area (TPSA) is 55.4 Å². The molecular weight excluding hydrogens is 266 g/mol. The molecule has 21 heavy (non-hydrogen) atoms. The largest absolute Gasteiger partial charge is 0.444 e. The molecule has 0 atom stereocenters. The molecule has 1 amide bonds. The SMILES string of the molecule is O=C(Nc1cccc2c1C(=O)CC2)OCc1ccccc1. The van der Waals surface area contributed by atoms with Gasteiger partial charge >= 0.3 is 6.09 Å². The van der Waals surface area contributed by atoms with Crippen LogP contribution in [0.15, 0.2) is 48.5 Å². The van der Waals surface area contributed by atoms with Crippen molar-refractivity contribution in [3.63, 3.8) is 0 Å². The normalized spacial score (nSPS) is 12.9. The predicted octanol–water partition coefficient (Wildman–Crippen LogP) is 3.56. The summed E-state index contributed by atoms with van der Waals surface area (Å²) >= 11 is 0. The monoisotopic (exact) mass is 281 g/mol. The van der Waals surface area contributed by atoms with E-state index in [1.165, 1.54) is 0 Å². The number of carbonyl (C=O) groups is 2. The van der Waals surface area contributed by atoms with E-state index in [0.717, 1.165) is 17.5 Å². The number of nitrogens with one attached hydrogen (secondary N) is 1. The zero-order chi connectivity index (χ0) is 14.7. The van der Waals surface area contributed by atoms with Crippen molar-refractivity contribution in [1.82, 2.24) is 0 Å². The highest BCUT2D eigenvalue weighted by Gasteiger charge is 2.23. The lowest BCUT2D eigenvalue weighted by atomic mass is 10.1. The van der Waals surface area contributed by atoms with Crippen LogP contribution in [-0.2, 0) is 17.8 Å². The fourth-order valence-corrected chi connectivity index (χ4v) is 2.48. The first-order valence-corrected chi connectivity index (χ1v) is 6.87. The van der Waals surface area contributed by atoms with Gasteiger partial charge in [0.15, 0.2) is 5.78 Å². The third kappa shape index (κ3) is 2.94. The van der Waals surface area contributed by atoms with Crippen LogP contribution >= 0.6 is 0 Å². The van der Waals surface area contributed by atoms with Crippen molar-refractivity contribution in [2.45, 2.75) is 19.4 Å². The number of Topliss-reactive ketones (excluding diaryl/α,β-unsaturated/α-hetero) is 1. The van der Waals surface area contributed by atoms with Crippen LogP contribution in [0.3, 0.4) is 0 Å². The highest BCUT2D eigenvalue weighted by molar-refractivity contribution is 6.07. The number of hydrogen-bond acceptors (Lipinski definition) is 3. The molecule has 0 saturated carbocycles. The molecule has 0 aliphatic heterocycles. The van der Waals surface area contributed by atoms with Crippen molar-refractivity contribution < 1.29 is 14.3 Å². The van der Waals surface area contributed by atoms with E-state index in [9.17, 15) is 9.59 Å². The van der Waals surface area contributed by atoms with Crippen molar-refractivity contribution in [2.24, 2.45) is 0 Å². The maximum absolute atomic E-state index is 11.9. The van der Waals surface area contributed by atoms with Gasteiger partial charge < -0.3 is 4.74 Å². The molecule has 0 bridgehead atoms. The lowest BCUT2D eigenvalue weighted by molar-refractivity contribution is 0.0995. The molecule has 0 spiro atoms. The van der Waals surface area contributed by atoms with Crippen LogP contribution in [0.4, 0.5) is 10.5 Å². The maximum atomic E-state index is 11.9. The summed E-state index contributed by atoms with van der Waals surface area (Å²) in [6.07, 6.45) is 0.697. The van der Waals surface area contributed by atoms with Gasteiger partial charge in [-0.05, 0) is 23.6 Å². The summed E-state index contributed by atoms with van der Waals surface area (Å²) in [6.45, 7) is 0.204. The van der Waals surface area contributed by atoms with E-state index < -0.39 is 6.09 Å². The summed E-state index contributed by atoms with van der Waals surface area (Å²) in [7, 11) is 0. The maximum Gasteiger partial charge on any atom is 0.411 e. The molecule has 0 radical (unpaired) electrons. The zero-order valence-corrected chi connectivity index (χ0v) is 11.5. The molecule has 1 aliphatic carbocycles. The van der Waals surface area contributed by atoms with Crippen LogP contribution in [0.2, 0.25) is 0 Å². The highest BCUT2D eigenvalue weighted by atomic mass is 16.5. The van der Waals surface area contributed by atoms with Crippen LogP contribution in [0.1, 0.15) is 27.9 Å². The molecule has 0 heterocycles. The molecule has 3 rings (SSSR count). The standard InChI is InChI=1S/C17H15NO3/c19-15-10-9-13-7-4-8-14(16(13)15)18-17(20)21-11-12-5-2-1-3-6-12/h1-8H,9-11H2,(H,18,20). The first-order valence-electron chi connectivity index (χ1n) is 6.87. The molecular formula is C17H15NO3. The third-order valence-electron chi connectivity index (χ3n) is 3.50. The Morgan fingerprint density at radius 1 is 1.05 bits per heavy atom. The van der Waals surface area contributed by atoms with Gasteiger partial charge in [-0.15, -0.1) is 0 Å². The number of fused-ring (bicyclic) bond motifs is 1.